The Bertz CT molecular complexity index is 1280. The lowest BCUT2D eigenvalue weighted by Gasteiger charge is -2.35. The monoisotopic (exact) mass is 591 g/mol. The Labute approximate surface area is 254 Å². The third kappa shape index (κ3) is 6.89. The van der Waals surface area contributed by atoms with Gasteiger partial charge in [0.15, 0.2) is 0 Å². The van der Waals surface area contributed by atoms with Gasteiger partial charge in [-0.25, -0.2) is 9.37 Å². The number of hydrogen-bond acceptors (Lipinski definition) is 5. The number of piperidine rings is 1. The molecular weight excluding hydrogens is 545 g/mol. The van der Waals surface area contributed by atoms with Crippen LogP contribution < -0.4 is 0 Å². The molecule has 2 aromatic rings. The highest BCUT2D eigenvalue weighted by Gasteiger charge is 2.43. The molecule has 6 rings (SSSR count). The number of likely N-dealkylation sites (tertiary alicyclic amines) is 2. The number of thiazole rings is 1. The van der Waals surface area contributed by atoms with Gasteiger partial charge < -0.3 is 10.0 Å². The minimum Gasteiger partial charge on any atom is -0.480 e. The first-order valence-electron chi connectivity index (χ1n) is 16.1. The predicted molar refractivity (Wildman–Crippen MR) is 168 cm³/mol. The van der Waals surface area contributed by atoms with Gasteiger partial charge in [-0.2, -0.15) is 0 Å². The lowest BCUT2D eigenvalue weighted by molar-refractivity contribution is -0.143. The van der Waals surface area contributed by atoms with Crippen LogP contribution in [0.15, 0.2) is 54.1 Å². The molecule has 226 valence electrons. The van der Waals surface area contributed by atoms with Gasteiger partial charge in [-0.05, 0) is 73.7 Å². The first-order chi connectivity index (χ1) is 20.4. The lowest BCUT2D eigenvalue weighted by Crippen LogP contribution is -2.41. The summed E-state index contributed by atoms with van der Waals surface area (Å²) >= 11 is 1.91. The highest BCUT2D eigenvalue weighted by molar-refractivity contribution is 7.11. The minimum absolute atomic E-state index is 0.0988. The number of rotatable bonds is 11. The van der Waals surface area contributed by atoms with Gasteiger partial charge in [0.1, 0.15) is 12.2 Å². The van der Waals surface area contributed by atoms with Gasteiger partial charge in [-0.3, -0.25) is 9.69 Å². The molecule has 5 nitrogen and oxygen atoms in total. The number of benzene rings is 1. The van der Waals surface area contributed by atoms with Gasteiger partial charge in [0.05, 0.1) is 10.7 Å². The molecule has 2 saturated heterocycles. The van der Waals surface area contributed by atoms with Gasteiger partial charge in [-0.15, -0.1) is 11.3 Å². The molecule has 1 aromatic carbocycles. The molecule has 1 N–H and O–H groups in total. The molecule has 4 aliphatic rings. The zero-order chi connectivity index (χ0) is 29.2. The minimum atomic E-state index is -0.962. The van der Waals surface area contributed by atoms with Crippen molar-refractivity contribution in [3.63, 3.8) is 0 Å². The lowest BCUT2D eigenvalue weighted by atomic mass is 9.83. The quantitative estimate of drug-likeness (QED) is 0.313. The maximum Gasteiger partial charge on any atom is 0.320 e. The number of allylic oxidation sites excluding steroid dienone is 3. The molecule has 0 amide bonds. The van der Waals surface area contributed by atoms with Gasteiger partial charge in [-0.1, -0.05) is 69.2 Å². The second kappa shape index (κ2) is 13.1. The van der Waals surface area contributed by atoms with E-state index in [0.717, 1.165) is 76.7 Å². The number of alkyl halides is 1. The number of carboxylic acid groups (broad SMARTS) is 1. The summed E-state index contributed by atoms with van der Waals surface area (Å²) < 4.78 is 14.8. The van der Waals surface area contributed by atoms with Crippen LogP contribution in [0.3, 0.4) is 0 Å². The molecule has 5 atom stereocenters. The van der Waals surface area contributed by atoms with Crippen LogP contribution in [0.4, 0.5) is 4.39 Å². The van der Waals surface area contributed by atoms with E-state index in [-0.39, 0.29) is 11.8 Å². The average molecular weight is 592 g/mol. The summed E-state index contributed by atoms with van der Waals surface area (Å²) in [6.45, 7) is 8.68. The third-order valence-corrected chi connectivity index (χ3v) is 11.3. The number of nitrogens with zero attached hydrogens (tertiary/aromatic N) is 3. The predicted octanol–water partition coefficient (Wildman–Crippen LogP) is 6.75. The summed E-state index contributed by atoms with van der Waals surface area (Å²) in [6, 6.07) is 10.2. The highest BCUT2D eigenvalue weighted by Crippen LogP contribution is 2.41. The SMILES string of the molecule is CCc1nc(Cc2ccccc2)sc1C1CCN(C[C@H]2CN([C@H](CC3CC3)C(=O)O)C[C@@H]2C2=CC(F)C(C)C=C2)CC1. The van der Waals surface area contributed by atoms with Crippen LogP contribution in [0.1, 0.15) is 73.0 Å². The average Bonchev–Trinajstić information content (AvgIpc) is 3.59. The molecule has 1 saturated carbocycles. The summed E-state index contributed by atoms with van der Waals surface area (Å²) in [4.78, 5) is 23.6. The molecule has 2 unspecified atom stereocenters. The van der Waals surface area contributed by atoms with Crippen LogP contribution in [0.2, 0.25) is 0 Å². The van der Waals surface area contributed by atoms with Gasteiger partial charge >= 0.3 is 5.97 Å². The Morgan fingerprint density at radius 1 is 1.14 bits per heavy atom. The van der Waals surface area contributed by atoms with Gasteiger partial charge in [0.2, 0.25) is 0 Å². The second-order valence-electron chi connectivity index (χ2n) is 13.2. The molecule has 0 spiro atoms. The number of aliphatic carboxylic acids is 1. The number of carboxylic acids is 1. The Kier molecular flexibility index (Phi) is 9.27. The molecule has 3 heterocycles. The van der Waals surface area contributed by atoms with Crippen molar-refractivity contribution >= 4 is 17.3 Å². The van der Waals surface area contributed by atoms with Crippen LogP contribution in [0.25, 0.3) is 0 Å². The summed E-state index contributed by atoms with van der Waals surface area (Å²) in [5.74, 6) is 0.807. The first kappa shape index (κ1) is 29.7. The maximum absolute atomic E-state index is 14.8. The van der Waals surface area contributed by atoms with Crippen LogP contribution in [0.5, 0.6) is 0 Å². The fourth-order valence-electron chi connectivity index (χ4n) is 7.35. The topological polar surface area (TPSA) is 56.7 Å². The Morgan fingerprint density at radius 3 is 2.57 bits per heavy atom. The summed E-state index contributed by atoms with van der Waals surface area (Å²) in [7, 11) is 0. The largest absolute Gasteiger partial charge is 0.480 e. The number of aromatic nitrogens is 1. The number of carbonyl (C=O) groups is 1. The highest BCUT2D eigenvalue weighted by atomic mass is 32.1. The van der Waals surface area contributed by atoms with E-state index in [0.29, 0.717) is 24.3 Å². The molecule has 2 aliphatic heterocycles. The smallest absolute Gasteiger partial charge is 0.320 e. The third-order valence-electron chi connectivity index (χ3n) is 10.1. The van der Waals surface area contributed by atoms with E-state index in [1.807, 2.05) is 30.4 Å². The first-order valence-corrected chi connectivity index (χ1v) is 16.9. The van der Waals surface area contributed by atoms with E-state index in [9.17, 15) is 14.3 Å². The van der Waals surface area contributed by atoms with Crippen LogP contribution in [-0.4, -0.2) is 70.8 Å². The number of hydrogen-bond donors (Lipinski definition) is 1. The van der Waals surface area contributed by atoms with Crippen molar-refractivity contribution in [2.24, 2.45) is 23.7 Å². The fraction of sp³-hybridized carbons (Fsp3) is 0.600. The van der Waals surface area contributed by atoms with Crippen molar-refractivity contribution in [1.82, 2.24) is 14.8 Å². The van der Waals surface area contributed by atoms with Crippen LogP contribution in [0, 0.1) is 23.7 Å². The van der Waals surface area contributed by atoms with E-state index in [2.05, 4.69) is 53.1 Å². The zero-order valence-electron chi connectivity index (χ0n) is 25.1. The Hall–Kier alpha value is -2.35. The van der Waals surface area contributed by atoms with Crippen molar-refractivity contribution in [2.75, 3.05) is 32.7 Å². The second-order valence-corrected chi connectivity index (χ2v) is 14.3. The van der Waals surface area contributed by atoms with E-state index < -0.39 is 18.2 Å². The molecule has 0 radical (unpaired) electrons. The van der Waals surface area contributed by atoms with Crippen molar-refractivity contribution in [2.45, 2.75) is 76.9 Å². The van der Waals surface area contributed by atoms with Crippen molar-refractivity contribution in [3.8, 4) is 0 Å². The van der Waals surface area contributed by atoms with E-state index in [4.69, 9.17) is 4.98 Å². The van der Waals surface area contributed by atoms with Crippen molar-refractivity contribution in [3.05, 3.63) is 75.3 Å². The molecule has 2 aliphatic carbocycles. The van der Waals surface area contributed by atoms with Crippen molar-refractivity contribution in [1.29, 1.82) is 0 Å². The zero-order valence-corrected chi connectivity index (χ0v) is 25.9. The standard InChI is InChI=1S/C35H46FN3O2S/c1-3-31-34(42-33(37-31)18-24-7-5-4-6-8-24)26-13-15-38(16-14-26)20-28-21-39(32(35(40)41)17-25-10-11-25)22-29(28)27-12-9-23(2)30(36)19-27/h4-9,12,19,23,25-26,28-30,32H,3,10-11,13-18,20-22H2,1-2H3,(H,40,41)/t23?,28-,29+,30?,32+/m0/s1. The van der Waals surface area contributed by atoms with E-state index in [1.165, 1.54) is 21.1 Å². The molecule has 0 bridgehead atoms. The van der Waals surface area contributed by atoms with Crippen LogP contribution in [-0.2, 0) is 17.6 Å². The molecular formula is C35H46FN3O2S. The molecule has 1 aromatic heterocycles. The summed E-state index contributed by atoms with van der Waals surface area (Å²) in [6.07, 6.45) is 12.2. The Balaban J connectivity index is 1.12. The maximum atomic E-state index is 14.8. The number of aryl methyl sites for hydroxylation is 1. The van der Waals surface area contributed by atoms with Gasteiger partial charge in [0.25, 0.3) is 0 Å². The van der Waals surface area contributed by atoms with Gasteiger partial charge in [0, 0.05) is 42.8 Å². The fourth-order valence-corrected chi connectivity index (χ4v) is 8.71. The number of halogens is 1. The summed E-state index contributed by atoms with van der Waals surface area (Å²) in [5, 5.41) is 11.3. The normalized spacial score (nSPS) is 28.2. The van der Waals surface area contributed by atoms with Crippen molar-refractivity contribution < 1.29 is 14.3 Å². The van der Waals surface area contributed by atoms with E-state index in [1.54, 1.807) is 0 Å². The Morgan fingerprint density at radius 2 is 1.90 bits per heavy atom. The van der Waals surface area contributed by atoms with Crippen LogP contribution >= 0.6 is 11.3 Å². The molecule has 3 fully saturated rings. The van der Waals surface area contributed by atoms with E-state index >= 15 is 0 Å². The molecule has 7 heteroatoms. The summed E-state index contributed by atoms with van der Waals surface area (Å²) in [5.41, 5.74) is 3.66. The molecule has 42 heavy (non-hydrogen) atoms.